The summed E-state index contributed by atoms with van der Waals surface area (Å²) in [6, 6.07) is 8.84. The number of fused-ring (bicyclic) bond motifs is 1. The highest BCUT2D eigenvalue weighted by Crippen LogP contribution is 2.36. The lowest BCUT2D eigenvalue weighted by Crippen LogP contribution is -2.15. The Bertz CT molecular complexity index is 721. The molecular weight excluding hydrogens is 330 g/mol. The van der Waals surface area contributed by atoms with Crippen molar-refractivity contribution in [1.82, 2.24) is 0 Å². The Hall–Kier alpha value is -1.88. The average molecular weight is 337 g/mol. The van der Waals surface area contributed by atoms with Gasteiger partial charge in [-0.1, -0.05) is 30.3 Å². The van der Waals surface area contributed by atoms with Gasteiger partial charge in [-0.3, -0.25) is 9.59 Å². The molecule has 1 aliphatic carbocycles. The van der Waals surface area contributed by atoms with Gasteiger partial charge in [0.1, 0.15) is 5.92 Å². The molecule has 2 nitrogen and oxygen atoms in total. The SMILES string of the molecule is O=C1c2ccccc2C(=O)C1c1ccc(Br)c(F)c1F. The zero-order valence-corrected chi connectivity index (χ0v) is 11.6. The lowest BCUT2D eigenvalue weighted by molar-refractivity contribution is 0.0887. The van der Waals surface area contributed by atoms with Gasteiger partial charge in [-0.15, -0.1) is 0 Å². The van der Waals surface area contributed by atoms with E-state index in [1.807, 2.05) is 0 Å². The van der Waals surface area contributed by atoms with E-state index >= 15 is 0 Å². The van der Waals surface area contributed by atoms with Gasteiger partial charge in [-0.05, 0) is 22.0 Å². The molecule has 0 amide bonds. The fourth-order valence-electron chi connectivity index (χ4n) is 2.39. The van der Waals surface area contributed by atoms with Crippen molar-refractivity contribution in [2.24, 2.45) is 0 Å². The Morgan fingerprint density at radius 1 is 0.850 bits per heavy atom. The summed E-state index contributed by atoms with van der Waals surface area (Å²) in [6.45, 7) is 0. The van der Waals surface area contributed by atoms with Gasteiger partial charge in [0.05, 0.1) is 4.47 Å². The van der Waals surface area contributed by atoms with Crippen LogP contribution in [0.1, 0.15) is 32.2 Å². The molecule has 1 aliphatic rings. The van der Waals surface area contributed by atoms with E-state index in [1.165, 1.54) is 24.3 Å². The molecule has 3 rings (SSSR count). The molecule has 0 saturated heterocycles. The van der Waals surface area contributed by atoms with Crippen LogP contribution in [0.25, 0.3) is 0 Å². The molecule has 0 spiro atoms. The first-order valence-electron chi connectivity index (χ1n) is 5.83. The number of halogens is 3. The van der Waals surface area contributed by atoms with Gasteiger partial charge in [0.2, 0.25) is 0 Å². The second-order valence-corrected chi connectivity index (χ2v) is 5.33. The van der Waals surface area contributed by atoms with Crippen LogP contribution in [0.4, 0.5) is 8.78 Å². The normalized spacial score (nSPS) is 14.8. The first-order chi connectivity index (χ1) is 9.52. The molecule has 2 aromatic carbocycles. The van der Waals surface area contributed by atoms with Gasteiger partial charge in [-0.2, -0.15) is 0 Å². The summed E-state index contributed by atoms with van der Waals surface area (Å²) in [5.41, 5.74) is 0.285. The van der Waals surface area contributed by atoms with Gasteiger partial charge in [0.25, 0.3) is 0 Å². The van der Waals surface area contributed by atoms with Crippen molar-refractivity contribution in [1.29, 1.82) is 0 Å². The van der Waals surface area contributed by atoms with Crippen LogP contribution in [0.3, 0.4) is 0 Å². The van der Waals surface area contributed by atoms with E-state index in [2.05, 4.69) is 15.9 Å². The number of benzene rings is 2. The summed E-state index contributed by atoms with van der Waals surface area (Å²) in [5, 5.41) is 0. The van der Waals surface area contributed by atoms with Gasteiger partial charge < -0.3 is 0 Å². The average Bonchev–Trinajstić information content (AvgIpc) is 2.70. The fourth-order valence-corrected chi connectivity index (χ4v) is 2.70. The molecule has 5 heteroatoms. The summed E-state index contributed by atoms with van der Waals surface area (Å²) < 4.78 is 27.5. The first-order valence-corrected chi connectivity index (χ1v) is 6.62. The summed E-state index contributed by atoms with van der Waals surface area (Å²) >= 11 is 2.86. The van der Waals surface area contributed by atoms with E-state index < -0.39 is 29.1 Å². The minimum absolute atomic E-state index is 0.0471. The number of carbonyl (C=O) groups excluding carboxylic acids is 2. The standard InChI is InChI=1S/C15H7BrF2O2/c16-10-6-5-9(12(17)13(10)18)11-14(19)7-3-1-2-4-8(7)15(11)20/h1-6,11H. The van der Waals surface area contributed by atoms with Crippen molar-refractivity contribution in [3.8, 4) is 0 Å². The fraction of sp³-hybridized carbons (Fsp3) is 0.0667. The van der Waals surface area contributed by atoms with Crippen LogP contribution in [0, 0.1) is 11.6 Å². The lowest BCUT2D eigenvalue weighted by Gasteiger charge is -2.09. The predicted molar refractivity (Wildman–Crippen MR) is 71.9 cm³/mol. The van der Waals surface area contributed by atoms with Crippen LogP contribution in [0.15, 0.2) is 40.9 Å². The molecular formula is C15H7BrF2O2. The van der Waals surface area contributed by atoms with Crippen molar-refractivity contribution < 1.29 is 18.4 Å². The van der Waals surface area contributed by atoms with E-state index in [-0.39, 0.29) is 21.2 Å². The molecule has 0 aliphatic heterocycles. The number of hydrogen-bond donors (Lipinski definition) is 0. The maximum Gasteiger partial charge on any atom is 0.178 e. The quantitative estimate of drug-likeness (QED) is 0.584. The number of carbonyl (C=O) groups is 2. The summed E-state index contributed by atoms with van der Waals surface area (Å²) in [4.78, 5) is 24.5. The van der Waals surface area contributed by atoms with Crippen LogP contribution in [-0.2, 0) is 0 Å². The third-order valence-corrected chi connectivity index (χ3v) is 3.97. The Morgan fingerprint density at radius 3 is 1.95 bits per heavy atom. The van der Waals surface area contributed by atoms with Crippen molar-refractivity contribution >= 4 is 27.5 Å². The van der Waals surface area contributed by atoms with Gasteiger partial charge in [0, 0.05) is 16.7 Å². The van der Waals surface area contributed by atoms with Crippen molar-refractivity contribution in [3.05, 3.63) is 69.2 Å². The van der Waals surface area contributed by atoms with Crippen LogP contribution in [0.2, 0.25) is 0 Å². The second kappa shape index (κ2) is 4.59. The molecule has 20 heavy (non-hydrogen) atoms. The molecule has 2 aromatic rings. The monoisotopic (exact) mass is 336 g/mol. The third kappa shape index (κ3) is 1.73. The van der Waals surface area contributed by atoms with Crippen LogP contribution in [-0.4, -0.2) is 11.6 Å². The van der Waals surface area contributed by atoms with E-state index in [0.717, 1.165) is 0 Å². The number of hydrogen-bond acceptors (Lipinski definition) is 2. The molecule has 0 atom stereocenters. The minimum Gasteiger partial charge on any atom is -0.293 e. The largest absolute Gasteiger partial charge is 0.293 e. The summed E-state index contributed by atoms with van der Waals surface area (Å²) in [5.74, 6) is -4.55. The highest BCUT2D eigenvalue weighted by atomic mass is 79.9. The Morgan fingerprint density at radius 2 is 1.40 bits per heavy atom. The maximum atomic E-state index is 14.0. The maximum absolute atomic E-state index is 14.0. The molecule has 0 unspecified atom stereocenters. The molecule has 0 saturated carbocycles. The van der Waals surface area contributed by atoms with Gasteiger partial charge >= 0.3 is 0 Å². The highest BCUT2D eigenvalue weighted by Gasteiger charge is 2.41. The molecule has 0 N–H and O–H groups in total. The third-order valence-electron chi connectivity index (χ3n) is 3.36. The van der Waals surface area contributed by atoms with Crippen molar-refractivity contribution in [2.45, 2.75) is 5.92 Å². The van der Waals surface area contributed by atoms with Crippen molar-refractivity contribution in [3.63, 3.8) is 0 Å². The van der Waals surface area contributed by atoms with Crippen LogP contribution >= 0.6 is 15.9 Å². The second-order valence-electron chi connectivity index (χ2n) is 4.47. The van der Waals surface area contributed by atoms with Crippen LogP contribution in [0.5, 0.6) is 0 Å². The van der Waals surface area contributed by atoms with Crippen LogP contribution < -0.4 is 0 Å². The van der Waals surface area contributed by atoms with E-state index in [4.69, 9.17) is 0 Å². The predicted octanol–water partition coefficient (Wildman–Crippen LogP) is 3.89. The lowest BCUT2D eigenvalue weighted by atomic mass is 9.93. The topological polar surface area (TPSA) is 34.1 Å². The Kier molecular flexibility index (Phi) is 3.01. The Balaban J connectivity index is 2.17. The molecule has 0 fully saturated rings. The number of Topliss-reactive ketones (excluding diaryl/α,β-unsaturated/α-hetero) is 2. The smallest absolute Gasteiger partial charge is 0.178 e. The van der Waals surface area contributed by atoms with Gasteiger partial charge in [-0.25, -0.2) is 8.78 Å². The highest BCUT2D eigenvalue weighted by molar-refractivity contribution is 9.10. The summed E-state index contributed by atoms with van der Waals surface area (Å²) in [6.07, 6.45) is 0. The van der Waals surface area contributed by atoms with E-state index in [0.29, 0.717) is 0 Å². The minimum atomic E-state index is -1.30. The zero-order valence-electron chi connectivity index (χ0n) is 9.99. The number of rotatable bonds is 1. The number of ketones is 2. The zero-order chi connectivity index (χ0) is 14.4. The summed E-state index contributed by atoms with van der Waals surface area (Å²) in [7, 11) is 0. The van der Waals surface area contributed by atoms with Crippen molar-refractivity contribution in [2.75, 3.05) is 0 Å². The molecule has 0 heterocycles. The molecule has 0 radical (unpaired) electrons. The van der Waals surface area contributed by atoms with E-state index in [9.17, 15) is 18.4 Å². The molecule has 100 valence electrons. The van der Waals surface area contributed by atoms with Gasteiger partial charge in [0.15, 0.2) is 23.2 Å². The Labute approximate surface area is 121 Å². The molecule has 0 aromatic heterocycles. The first kappa shape index (κ1) is 13.1. The van der Waals surface area contributed by atoms with E-state index in [1.54, 1.807) is 12.1 Å². The molecule has 0 bridgehead atoms.